The van der Waals surface area contributed by atoms with Crippen molar-refractivity contribution in [1.29, 1.82) is 5.41 Å². The fraction of sp³-hybridized carbons (Fsp3) is 0.556. The Kier molecular flexibility index (Phi) is 4.44. The molecular formula is C9H14N3O8P. The Hall–Kier alpha value is -1.33. The molecule has 1 fully saturated rings. The van der Waals surface area contributed by atoms with E-state index in [2.05, 4.69) is 4.98 Å². The molecule has 11 nitrogen and oxygen atoms in total. The molecule has 0 unspecified atom stereocenters. The van der Waals surface area contributed by atoms with Gasteiger partial charge in [0.05, 0.1) is 6.61 Å². The van der Waals surface area contributed by atoms with E-state index in [1.807, 2.05) is 0 Å². The van der Waals surface area contributed by atoms with E-state index >= 15 is 0 Å². The van der Waals surface area contributed by atoms with Crippen molar-refractivity contribution in [1.82, 2.24) is 9.55 Å². The average Bonchev–Trinajstić information content (AvgIpc) is 2.84. The van der Waals surface area contributed by atoms with Gasteiger partial charge in [-0.1, -0.05) is 0 Å². The highest BCUT2D eigenvalue weighted by atomic mass is 31.2. The van der Waals surface area contributed by atoms with E-state index in [-0.39, 0.29) is 18.1 Å². The molecule has 0 radical (unpaired) electrons. The molecule has 0 saturated carbocycles. The third-order valence-corrected chi connectivity index (χ3v) is 2.84. The summed E-state index contributed by atoms with van der Waals surface area (Å²) in [5, 5.41) is 26.1. The van der Waals surface area contributed by atoms with Crippen molar-refractivity contribution >= 4 is 7.82 Å². The fourth-order valence-corrected chi connectivity index (χ4v) is 2.04. The molecule has 0 aromatic carbocycles. The molecule has 0 spiro atoms. The maximum atomic E-state index is 9.80. The Morgan fingerprint density at radius 3 is 2.62 bits per heavy atom. The number of rotatable bonds is 1. The largest absolute Gasteiger partial charge is 0.466 e. The van der Waals surface area contributed by atoms with E-state index in [4.69, 9.17) is 39.2 Å². The van der Waals surface area contributed by atoms with Crippen LogP contribution in [0.5, 0.6) is 6.01 Å². The van der Waals surface area contributed by atoms with E-state index < -0.39 is 32.4 Å². The third-order valence-electron chi connectivity index (χ3n) is 2.84. The third kappa shape index (κ3) is 3.66. The number of nitrogens with one attached hydrogen (secondary N) is 1. The summed E-state index contributed by atoms with van der Waals surface area (Å²) in [7, 11) is -4.64. The van der Waals surface area contributed by atoms with Crippen molar-refractivity contribution in [2.24, 2.45) is 0 Å². The summed E-state index contributed by atoms with van der Waals surface area (Å²) in [6.45, 7) is -0.253. The van der Waals surface area contributed by atoms with Crippen molar-refractivity contribution in [3.05, 3.63) is 17.8 Å². The highest BCUT2D eigenvalue weighted by Gasteiger charge is 2.50. The molecule has 6 N–H and O–H groups in total. The van der Waals surface area contributed by atoms with Gasteiger partial charge in [-0.15, -0.1) is 0 Å². The maximum Gasteiger partial charge on any atom is 0.466 e. The Labute approximate surface area is 117 Å². The van der Waals surface area contributed by atoms with Crippen LogP contribution in [0, 0.1) is 5.41 Å². The van der Waals surface area contributed by atoms with Crippen LogP contribution >= 0.6 is 7.82 Å². The molecule has 4 atom stereocenters. The molecule has 1 aromatic heterocycles. The van der Waals surface area contributed by atoms with Crippen LogP contribution in [0.2, 0.25) is 0 Å². The van der Waals surface area contributed by atoms with Gasteiger partial charge in [0.2, 0.25) is 0 Å². The topological polar surface area (TPSA) is 178 Å². The zero-order valence-electron chi connectivity index (χ0n) is 10.5. The molecule has 2 aliphatic rings. The molecule has 3 rings (SSSR count). The van der Waals surface area contributed by atoms with Crippen molar-refractivity contribution < 1.29 is 38.9 Å². The second-order valence-electron chi connectivity index (χ2n) is 4.34. The summed E-state index contributed by atoms with van der Waals surface area (Å²) in [5.74, 6) is 0. The van der Waals surface area contributed by atoms with Gasteiger partial charge in [0.15, 0.2) is 17.8 Å². The highest BCUT2D eigenvalue weighted by molar-refractivity contribution is 7.45. The molecule has 12 heteroatoms. The number of phosphoric acid groups is 1. The average molecular weight is 323 g/mol. The number of aromatic nitrogens is 2. The van der Waals surface area contributed by atoms with Gasteiger partial charge in [0.1, 0.15) is 12.2 Å². The van der Waals surface area contributed by atoms with Crippen LogP contribution < -0.4 is 10.2 Å². The Balaban J connectivity index is 0.000000282. The van der Waals surface area contributed by atoms with Crippen LogP contribution in [0.15, 0.2) is 12.3 Å². The maximum absolute atomic E-state index is 9.80. The predicted molar refractivity (Wildman–Crippen MR) is 63.8 cm³/mol. The van der Waals surface area contributed by atoms with Gasteiger partial charge in [-0.05, 0) is 6.07 Å². The quantitative estimate of drug-likeness (QED) is 0.303. The number of nitrogens with zero attached hydrogens (tertiary/aromatic N) is 2. The summed E-state index contributed by atoms with van der Waals surface area (Å²) >= 11 is 0. The van der Waals surface area contributed by atoms with Gasteiger partial charge in [-0.3, -0.25) is 9.98 Å². The van der Waals surface area contributed by atoms with Gasteiger partial charge in [-0.2, -0.15) is 4.98 Å². The lowest BCUT2D eigenvalue weighted by molar-refractivity contribution is -0.0434. The van der Waals surface area contributed by atoms with Crippen LogP contribution in [0.1, 0.15) is 6.23 Å². The zero-order chi connectivity index (χ0) is 15.8. The number of aliphatic hydroxyl groups is 2. The zero-order valence-corrected chi connectivity index (χ0v) is 11.4. The minimum Gasteiger partial charge on any atom is -0.454 e. The van der Waals surface area contributed by atoms with Crippen LogP contribution in [-0.2, 0) is 9.30 Å². The van der Waals surface area contributed by atoms with E-state index in [0.717, 1.165) is 0 Å². The summed E-state index contributed by atoms with van der Waals surface area (Å²) in [5.41, 5.74) is 0.0967. The van der Waals surface area contributed by atoms with E-state index in [1.165, 1.54) is 6.07 Å². The minimum absolute atomic E-state index is 0.0967. The first-order chi connectivity index (χ1) is 9.70. The van der Waals surface area contributed by atoms with Crippen LogP contribution in [-0.4, -0.2) is 59.4 Å². The Bertz CT molecular complexity index is 607. The second-order valence-corrected chi connectivity index (χ2v) is 5.36. The summed E-state index contributed by atoms with van der Waals surface area (Å²) in [4.78, 5) is 25.4. The lowest BCUT2D eigenvalue weighted by Crippen LogP contribution is -2.34. The van der Waals surface area contributed by atoms with Crippen LogP contribution in [0.25, 0.3) is 0 Å². The van der Waals surface area contributed by atoms with Crippen LogP contribution in [0.4, 0.5) is 0 Å². The van der Waals surface area contributed by atoms with Gasteiger partial charge >= 0.3 is 13.8 Å². The molecule has 0 amide bonds. The molecule has 3 heterocycles. The first kappa shape index (κ1) is 16.0. The van der Waals surface area contributed by atoms with Crippen molar-refractivity contribution in [3.63, 3.8) is 0 Å². The molecule has 1 saturated heterocycles. The molecule has 118 valence electrons. The SMILES string of the molecule is N=c1ccn2c(n1)O[C@H]1[C@H](O)[C@@H](CO)O[C@H]12.O=P(O)(O)O. The number of fused-ring (bicyclic) bond motifs is 3. The molecule has 1 aromatic rings. The lowest BCUT2D eigenvalue weighted by Gasteiger charge is -2.14. The first-order valence-electron chi connectivity index (χ1n) is 5.74. The van der Waals surface area contributed by atoms with Crippen LogP contribution in [0.3, 0.4) is 0 Å². The lowest BCUT2D eigenvalue weighted by atomic mass is 10.1. The predicted octanol–water partition coefficient (Wildman–Crippen LogP) is -2.55. The molecule has 21 heavy (non-hydrogen) atoms. The summed E-state index contributed by atoms with van der Waals surface area (Å²) < 4.78 is 21.3. The standard InChI is InChI=1S/C9H11N3O4.H3O4P/c10-5-1-2-12-8-7(16-9(12)11-5)6(14)4(3-13)15-8;1-5(2,3)4/h1-2,4,6-8,10,13-14H,3H2;(H3,1,2,3,4)/t4-,6-,7+,8-;/m1./s1. The normalized spacial score (nSPS) is 30.0. The van der Waals surface area contributed by atoms with Crippen molar-refractivity contribution in [2.75, 3.05) is 6.61 Å². The van der Waals surface area contributed by atoms with E-state index in [9.17, 15) is 5.11 Å². The monoisotopic (exact) mass is 323 g/mol. The van der Waals surface area contributed by atoms with Gasteiger partial charge < -0.3 is 34.4 Å². The first-order valence-corrected chi connectivity index (χ1v) is 7.30. The van der Waals surface area contributed by atoms with Crippen molar-refractivity contribution in [2.45, 2.75) is 24.5 Å². The summed E-state index contributed by atoms with van der Waals surface area (Å²) in [6, 6.07) is 1.77. The minimum atomic E-state index is -4.64. The summed E-state index contributed by atoms with van der Waals surface area (Å²) in [6.07, 6.45) is -0.930. The smallest absolute Gasteiger partial charge is 0.454 e. The molecule has 0 aliphatic carbocycles. The van der Waals surface area contributed by atoms with Gasteiger partial charge in [0.25, 0.3) is 0 Å². The van der Waals surface area contributed by atoms with Gasteiger partial charge in [-0.25, -0.2) is 4.57 Å². The number of aliphatic hydroxyl groups excluding tert-OH is 2. The highest BCUT2D eigenvalue weighted by Crippen LogP contribution is 2.38. The Morgan fingerprint density at radius 2 is 2.05 bits per heavy atom. The van der Waals surface area contributed by atoms with Gasteiger partial charge in [0, 0.05) is 6.20 Å². The number of hydrogen-bond acceptors (Lipinski definition) is 7. The van der Waals surface area contributed by atoms with E-state index in [1.54, 1.807) is 10.8 Å². The second kappa shape index (κ2) is 5.81. The molecule has 0 bridgehead atoms. The molecule has 2 aliphatic heterocycles. The number of ether oxygens (including phenoxy) is 2. The fourth-order valence-electron chi connectivity index (χ4n) is 2.04. The van der Waals surface area contributed by atoms with Crippen molar-refractivity contribution in [3.8, 4) is 6.01 Å². The Morgan fingerprint density at radius 1 is 1.43 bits per heavy atom. The van der Waals surface area contributed by atoms with E-state index in [0.29, 0.717) is 0 Å². The number of hydrogen-bond donors (Lipinski definition) is 6. The molecular weight excluding hydrogens is 309 g/mol.